The first-order valence-corrected chi connectivity index (χ1v) is 9.87. The molecule has 25 heavy (non-hydrogen) atoms. The summed E-state index contributed by atoms with van der Waals surface area (Å²) in [6.07, 6.45) is 8.46. The van der Waals surface area contributed by atoms with E-state index in [9.17, 15) is 13.2 Å². The summed E-state index contributed by atoms with van der Waals surface area (Å²) in [6, 6.07) is 0. The molecule has 0 fully saturated rings. The second-order valence-electron chi connectivity index (χ2n) is 6.67. The molecule has 0 amide bonds. The molecule has 1 unspecified atom stereocenters. The van der Waals surface area contributed by atoms with Crippen LogP contribution >= 0.6 is 0 Å². The predicted molar refractivity (Wildman–Crippen MR) is 98.1 cm³/mol. The van der Waals surface area contributed by atoms with Gasteiger partial charge in [0.05, 0.1) is 12.0 Å². The number of methoxy groups -OCH3 is 1. The number of allylic oxidation sites excluding steroid dienone is 5. The lowest BCUT2D eigenvalue weighted by atomic mass is 9.93. The summed E-state index contributed by atoms with van der Waals surface area (Å²) in [7, 11) is -2.56. The Morgan fingerprint density at radius 2 is 1.88 bits per heavy atom. The topological polar surface area (TPSA) is 81.7 Å². The third-order valence-electron chi connectivity index (χ3n) is 4.17. The van der Waals surface area contributed by atoms with E-state index in [1.165, 1.54) is 14.0 Å². The van der Waals surface area contributed by atoms with E-state index >= 15 is 0 Å². The zero-order valence-electron chi connectivity index (χ0n) is 15.8. The van der Waals surface area contributed by atoms with E-state index in [1.54, 1.807) is 32.1 Å². The first-order valence-electron chi connectivity index (χ1n) is 8.39. The third-order valence-corrected chi connectivity index (χ3v) is 5.71. The van der Waals surface area contributed by atoms with Gasteiger partial charge in [-0.15, -0.1) is 0 Å². The van der Waals surface area contributed by atoms with Gasteiger partial charge in [-0.3, -0.25) is 0 Å². The van der Waals surface area contributed by atoms with E-state index in [0.717, 1.165) is 0 Å². The molecule has 142 valence electrons. The van der Waals surface area contributed by atoms with Crippen molar-refractivity contribution in [1.82, 2.24) is 4.72 Å². The highest BCUT2D eigenvalue weighted by Gasteiger charge is 2.37. The van der Waals surface area contributed by atoms with Crippen LogP contribution in [0.4, 0.5) is 0 Å². The Morgan fingerprint density at radius 3 is 2.40 bits per heavy atom. The highest BCUT2D eigenvalue weighted by Crippen LogP contribution is 2.27. The predicted octanol–water partition coefficient (Wildman–Crippen LogP) is 3.04. The Kier molecular flexibility index (Phi) is 7.17. The molecule has 1 aliphatic rings. The van der Waals surface area contributed by atoms with E-state index < -0.39 is 27.8 Å². The number of esters is 1. The highest BCUT2D eigenvalue weighted by atomic mass is 32.2. The minimum atomic E-state index is -3.82. The van der Waals surface area contributed by atoms with Crippen molar-refractivity contribution in [3.63, 3.8) is 0 Å². The van der Waals surface area contributed by atoms with Gasteiger partial charge in [0, 0.05) is 5.41 Å². The lowest BCUT2D eigenvalue weighted by molar-refractivity contribution is -0.168. The van der Waals surface area contributed by atoms with Crippen molar-refractivity contribution in [3.05, 3.63) is 35.3 Å². The van der Waals surface area contributed by atoms with Gasteiger partial charge in [-0.2, -0.15) is 4.72 Å². The maximum Gasteiger partial charge on any atom is 0.334 e. The molecule has 6 nitrogen and oxygen atoms in total. The summed E-state index contributed by atoms with van der Waals surface area (Å²) < 4.78 is 38.7. The van der Waals surface area contributed by atoms with Gasteiger partial charge < -0.3 is 9.47 Å². The molecule has 0 aliphatic heterocycles. The van der Waals surface area contributed by atoms with Gasteiger partial charge >= 0.3 is 5.97 Å². The molecule has 0 aromatic carbocycles. The number of carbonyl (C=O) groups excluding carboxylic acids is 1. The highest BCUT2D eigenvalue weighted by molar-refractivity contribution is 7.93. The molecule has 0 heterocycles. The summed E-state index contributed by atoms with van der Waals surface area (Å²) in [5, 5.41) is 0. The van der Waals surface area contributed by atoms with Crippen LogP contribution in [0.25, 0.3) is 0 Å². The van der Waals surface area contributed by atoms with Gasteiger partial charge in [-0.25, -0.2) is 13.2 Å². The number of nitrogens with one attached hydrogen (secondary N) is 1. The number of hydrogen-bond acceptors (Lipinski definition) is 5. The van der Waals surface area contributed by atoms with Gasteiger partial charge in [-0.1, -0.05) is 45.9 Å². The standard InChI is InChI=1S/C18H29NO5S/c1-7-18(8-2,24-14(3)16(20)23-6)19-25(21,22)15-10-9-12-17(4,5)13-11-15/h9-14,19H,7-8H2,1-6H3. The molecule has 0 saturated carbocycles. The van der Waals surface area contributed by atoms with Crippen LogP contribution in [0.3, 0.4) is 0 Å². The second kappa shape index (κ2) is 8.29. The summed E-state index contributed by atoms with van der Waals surface area (Å²) >= 11 is 0. The van der Waals surface area contributed by atoms with Crippen LogP contribution in [0.1, 0.15) is 47.5 Å². The third kappa shape index (κ3) is 5.80. The number of hydrogen-bond donors (Lipinski definition) is 1. The number of carbonyl (C=O) groups is 1. The minimum absolute atomic E-state index is 0.148. The second-order valence-corrected chi connectivity index (χ2v) is 8.36. The summed E-state index contributed by atoms with van der Waals surface area (Å²) in [5.74, 6) is -0.552. The van der Waals surface area contributed by atoms with Gasteiger partial charge in [0.15, 0.2) is 6.10 Å². The fraction of sp³-hybridized carbons (Fsp3) is 0.611. The molecule has 0 saturated heterocycles. The largest absolute Gasteiger partial charge is 0.467 e. The molecular weight excluding hydrogens is 342 g/mol. The van der Waals surface area contributed by atoms with Gasteiger partial charge in [0.25, 0.3) is 0 Å². The van der Waals surface area contributed by atoms with Crippen molar-refractivity contribution in [2.45, 2.75) is 59.3 Å². The van der Waals surface area contributed by atoms with Crippen molar-refractivity contribution in [1.29, 1.82) is 0 Å². The quantitative estimate of drug-likeness (QED) is 0.524. The SMILES string of the molecule is CCC(CC)(NS(=O)(=O)C1=CC=CC(C)(C)C=C1)OC(C)C(=O)OC. The van der Waals surface area contributed by atoms with Crippen LogP contribution in [-0.4, -0.2) is 33.3 Å². The molecule has 0 radical (unpaired) electrons. The van der Waals surface area contributed by atoms with Gasteiger partial charge in [0.2, 0.25) is 10.0 Å². The van der Waals surface area contributed by atoms with Crippen LogP contribution in [0.5, 0.6) is 0 Å². The van der Waals surface area contributed by atoms with E-state index in [-0.39, 0.29) is 10.3 Å². The maximum absolute atomic E-state index is 12.8. The zero-order chi connectivity index (χ0) is 19.3. The first-order chi connectivity index (χ1) is 11.5. The van der Waals surface area contributed by atoms with Crippen molar-refractivity contribution in [2.24, 2.45) is 5.41 Å². The van der Waals surface area contributed by atoms with Crippen LogP contribution in [-0.2, 0) is 24.3 Å². The molecule has 0 aromatic rings. The van der Waals surface area contributed by atoms with Gasteiger partial charge in [0.1, 0.15) is 5.72 Å². The average Bonchev–Trinajstić information content (AvgIpc) is 2.74. The van der Waals surface area contributed by atoms with E-state index in [0.29, 0.717) is 12.8 Å². The van der Waals surface area contributed by atoms with Crippen LogP contribution in [0, 0.1) is 5.41 Å². The molecular formula is C18H29NO5S. The maximum atomic E-state index is 12.8. The van der Waals surface area contributed by atoms with Gasteiger partial charge in [-0.05, 0) is 31.9 Å². The normalized spacial score (nSPS) is 18.4. The minimum Gasteiger partial charge on any atom is -0.467 e. The van der Waals surface area contributed by atoms with Crippen molar-refractivity contribution >= 4 is 16.0 Å². The lowest BCUT2D eigenvalue weighted by Gasteiger charge is -2.34. The molecule has 1 rings (SSSR count). The average molecular weight is 371 g/mol. The smallest absolute Gasteiger partial charge is 0.334 e. The molecule has 7 heteroatoms. The fourth-order valence-corrected chi connectivity index (χ4v) is 3.87. The van der Waals surface area contributed by atoms with E-state index in [1.807, 2.05) is 26.0 Å². The molecule has 0 aromatic heterocycles. The molecule has 0 spiro atoms. The Balaban J connectivity index is 3.10. The number of sulfonamides is 1. The number of rotatable bonds is 8. The van der Waals surface area contributed by atoms with Crippen LogP contribution < -0.4 is 4.72 Å². The Bertz CT molecular complexity index is 670. The molecule has 0 bridgehead atoms. The van der Waals surface area contributed by atoms with E-state index in [4.69, 9.17) is 4.74 Å². The Labute approximate surface area is 151 Å². The molecule has 1 aliphatic carbocycles. The fourth-order valence-electron chi connectivity index (χ4n) is 2.42. The van der Waals surface area contributed by atoms with Crippen molar-refractivity contribution in [2.75, 3.05) is 7.11 Å². The summed E-state index contributed by atoms with van der Waals surface area (Å²) in [4.78, 5) is 11.8. The van der Waals surface area contributed by atoms with E-state index in [2.05, 4.69) is 9.46 Å². The first kappa shape index (κ1) is 21.6. The monoisotopic (exact) mass is 371 g/mol. The number of ether oxygens (including phenoxy) is 2. The Morgan fingerprint density at radius 1 is 1.28 bits per heavy atom. The van der Waals surface area contributed by atoms with Crippen LogP contribution in [0.2, 0.25) is 0 Å². The summed E-state index contributed by atoms with van der Waals surface area (Å²) in [5.41, 5.74) is -1.41. The molecule has 1 N–H and O–H groups in total. The van der Waals surface area contributed by atoms with Crippen molar-refractivity contribution < 1.29 is 22.7 Å². The molecule has 1 atom stereocenters. The summed E-state index contributed by atoms with van der Waals surface area (Å²) in [6.45, 7) is 9.11. The van der Waals surface area contributed by atoms with Crippen molar-refractivity contribution in [3.8, 4) is 0 Å². The lowest BCUT2D eigenvalue weighted by Crippen LogP contribution is -2.52. The zero-order valence-corrected chi connectivity index (χ0v) is 16.6. The Hall–Kier alpha value is -1.44. The van der Waals surface area contributed by atoms with Crippen LogP contribution in [0.15, 0.2) is 35.3 Å².